The topological polar surface area (TPSA) is 107 Å². The van der Waals surface area contributed by atoms with E-state index >= 15 is 0 Å². The minimum Gasteiger partial charge on any atom is -0.496 e. The predicted octanol–water partition coefficient (Wildman–Crippen LogP) is 2.92. The third-order valence-corrected chi connectivity index (χ3v) is 4.70. The summed E-state index contributed by atoms with van der Waals surface area (Å²) in [6.45, 7) is 2.43. The van der Waals surface area contributed by atoms with E-state index in [0.717, 1.165) is 11.1 Å². The van der Waals surface area contributed by atoms with Gasteiger partial charge in [0.1, 0.15) is 23.0 Å². The van der Waals surface area contributed by atoms with E-state index < -0.39 is 30.9 Å². The molecule has 0 unspecified atom stereocenters. The molecule has 2 aromatic rings. The van der Waals surface area contributed by atoms with Gasteiger partial charge in [0.2, 0.25) is 5.78 Å². The van der Waals surface area contributed by atoms with Crippen molar-refractivity contribution in [3.8, 4) is 23.0 Å². The molecule has 0 fully saturated rings. The molecule has 0 saturated carbocycles. The fraction of sp³-hybridized carbons (Fsp3) is 0.348. The Morgan fingerprint density at radius 1 is 0.594 bits per heavy atom. The van der Waals surface area contributed by atoms with Crippen LogP contribution in [0.15, 0.2) is 24.3 Å². The molecule has 0 spiro atoms. The van der Waals surface area contributed by atoms with Gasteiger partial charge >= 0.3 is 11.9 Å². The van der Waals surface area contributed by atoms with E-state index in [-0.39, 0.29) is 11.1 Å². The summed E-state index contributed by atoms with van der Waals surface area (Å²) in [4.78, 5) is 36.7. The summed E-state index contributed by atoms with van der Waals surface area (Å²) < 4.78 is 30.9. The van der Waals surface area contributed by atoms with Crippen LogP contribution in [0.4, 0.5) is 0 Å². The zero-order chi connectivity index (χ0) is 23.8. The first kappa shape index (κ1) is 24.5. The van der Waals surface area contributed by atoms with Gasteiger partial charge in [-0.3, -0.25) is 4.79 Å². The molecular weight excluding hydrogens is 420 g/mol. The maximum Gasteiger partial charge on any atom is 0.338 e. The molecule has 0 amide bonds. The first-order valence-electron chi connectivity index (χ1n) is 9.56. The molecule has 0 aliphatic heterocycles. The van der Waals surface area contributed by atoms with Gasteiger partial charge in [-0.25, -0.2) is 9.59 Å². The zero-order valence-electron chi connectivity index (χ0n) is 18.9. The van der Waals surface area contributed by atoms with E-state index in [9.17, 15) is 14.4 Å². The second-order valence-corrected chi connectivity index (χ2v) is 6.70. The number of Topliss-reactive ketones (excluding diaryl/α,β-unsaturated/α-hetero) is 1. The molecule has 0 aromatic heterocycles. The molecular formula is C23H26O9. The maximum absolute atomic E-state index is 12.3. The molecule has 9 nitrogen and oxygen atoms in total. The van der Waals surface area contributed by atoms with E-state index in [4.69, 9.17) is 28.4 Å². The van der Waals surface area contributed by atoms with Gasteiger partial charge < -0.3 is 28.4 Å². The van der Waals surface area contributed by atoms with Crippen LogP contribution in [0.25, 0.3) is 0 Å². The van der Waals surface area contributed by atoms with Crippen LogP contribution in [0.3, 0.4) is 0 Å². The summed E-state index contributed by atoms with van der Waals surface area (Å²) in [5.41, 5.74) is 1.76. The lowest BCUT2D eigenvalue weighted by Gasteiger charge is -2.13. The Labute approximate surface area is 186 Å². The minimum absolute atomic E-state index is 0.160. The number of ether oxygens (including phenoxy) is 6. The van der Waals surface area contributed by atoms with Crippen molar-refractivity contribution >= 4 is 17.7 Å². The van der Waals surface area contributed by atoms with Crippen molar-refractivity contribution in [3.05, 3.63) is 46.5 Å². The van der Waals surface area contributed by atoms with Crippen LogP contribution in [-0.4, -0.2) is 59.4 Å². The van der Waals surface area contributed by atoms with Crippen molar-refractivity contribution in [2.75, 3.05) is 41.7 Å². The SMILES string of the molecule is COc1cc(C(=O)OCC(=O)COC(=O)c2cc(OC)c(C)c(OC)c2)cc(OC)c1C. The van der Waals surface area contributed by atoms with Gasteiger partial charge in [0.15, 0.2) is 13.2 Å². The third-order valence-electron chi connectivity index (χ3n) is 4.70. The van der Waals surface area contributed by atoms with Crippen LogP contribution in [0, 0.1) is 13.8 Å². The summed E-state index contributed by atoms with van der Waals surface area (Å²) in [6.07, 6.45) is 0. The highest BCUT2D eigenvalue weighted by atomic mass is 16.6. The highest BCUT2D eigenvalue weighted by molar-refractivity contribution is 5.95. The number of methoxy groups -OCH3 is 4. The van der Waals surface area contributed by atoms with E-state index in [2.05, 4.69) is 0 Å². The Morgan fingerprint density at radius 2 is 0.875 bits per heavy atom. The molecule has 9 heteroatoms. The van der Waals surface area contributed by atoms with Crippen molar-refractivity contribution < 1.29 is 42.8 Å². The van der Waals surface area contributed by atoms with Crippen LogP contribution in [-0.2, 0) is 14.3 Å². The van der Waals surface area contributed by atoms with E-state index in [0.29, 0.717) is 23.0 Å². The monoisotopic (exact) mass is 446 g/mol. The lowest BCUT2D eigenvalue weighted by molar-refractivity contribution is -0.125. The lowest BCUT2D eigenvalue weighted by Crippen LogP contribution is -2.21. The summed E-state index contributed by atoms with van der Waals surface area (Å²) in [5.74, 6) is -0.297. The number of benzene rings is 2. The molecule has 2 rings (SSSR count). The van der Waals surface area contributed by atoms with Crippen molar-refractivity contribution in [2.45, 2.75) is 13.8 Å². The van der Waals surface area contributed by atoms with Crippen LogP contribution in [0.5, 0.6) is 23.0 Å². The van der Waals surface area contributed by atoms with Gasteiger partial charge in [0.05, 0.1) is 39.6 Å². The number of carbonyl (C=O) groups is 3. The molecule has 0 radical (unpaired) electrons. The summed E-state index contributed by atoms with van der Waals surface area (Å²) in [6, 6.07) is 5.96. The van der Waals surface area contributed by atoms with E-state index in [1.165, 1.54) is 52.7 Å². The maximum atomic E-state index is 12.3. The Morgan fingerprint density at radius 3 is 1.12 bits per heavy atom. The molecule has 0 atom stereocenters. The predicted molar refractivity (Wildman–Crippen MR) is 114 cm³/mol. The largest absolute Gasteiger partial charge is 0.496 e. The summed E-state index contributed by atoms with van der Waals surface area (Å²) in [7, 11) is 5.87. The first-order chi connectivity index (χ1) is 15.2. The molecule has 0 heterocycles. The van der Waals surface area contributed by atoms with Crippen molar-refractivity contribution in [3.63, 3.8) is 0 Å². The number of hydrogen-bond acceptors (Lipinski definition) is 9. The van der Waals surface area contributed by atoms with Crippen molar-refractivity contribution in [1.82, 2.24) is 0 Å². The van der Waals surface area contributed by atoms with E-state index in [1.807, 2.05) is 0 Å². The quantitative estimate of drug-likeness (QED) is 0.509. The second kappa shape index (κ2) is 11.0. The van der Waals surface area contributed by atoms with Gasteiger partial charge in [-0.05, 0) is 38.1 Å². The molecule has 0 aliphatic carbocycles. The summed E-state index contributed by atoms with van der Waals surface area (Å²) in [5, 5.41) is 0. The van der Waals surface area contributed by atoms with Crippen LogP contribution in [0.2, 0.25) is 0 Å². The molecule has 0 N–H and O–H groups in total. The van der Waals surface area contributed by atoms with Gasteiger partial charge in [-0.15, -0.1) is 0 Å². The minimum atomic E-state index is -0.741. The Kier molecular flexibility index (Phi) is 8.46. The summed E-state index contributed by atoms with van der Waals surface area (Å²) >= 11 is 0. The molecule has 2 aromatic carbocycles. The Bertz CT molecular complexity index is 881. The van der Waals surface area contributed by atoms with Gasteiger partial charge in [-0.2, -0.15) is 0 Å². The fourth-order valence-electron chi connectivity index (χ4n) is 2.91. The number of ketones is 1. The second-order valence-electron chi connectivity index (χ2n) is 6.70. The highest BCUT2D eigenvalue weighted by Gasteiger charge is 2.18. The van der Waals surface area contributed by atoms with E-state index in [1.54, 1.807) is 13.8 Å². The van der Waals surface area contributed by atoms with Gasteiger partial charge in [0.25, 0.3) is 0 Å². The number of esters is 2. The van der Waals surface area contributed by atoms with Crippen LogP contribution in [0.1, 0.15) is 31.8 Å². The smallest absolute Gasteiger partial charge is 0.338 e. The zero-order valence-corrected chi connectivity index (χ0v) is 18.9. The normalized spacial score (nSPS) is 10.2. The molecule has 0 bridgehead atoms. The molecule has 172 valence electrons. The average Bonchev–Trinajstić information content (AvgIpc) is 2.81. The Hall–Kier alpha value is -3.75. The lowest BCUT2D eigenvalue weighted by atomic mass is 10.1. The molecule has 32 heavy (non-hydrogen) atoms. The number of rotatable bonds is 10. The molecule has 0 aliphatic rings. The first-order valence-corrected chi connectivity index (χ1v) is 9.56. The Balaban J connectivity index is 1.97. The fourth-order valence-corrected chi connectivity index (χ4v) is 2.91. The van der Waals surface area contributed by atoms with Crippen molar-refractivity contribution in [1.29, 1.82) is 0 Å². The molecule has 0 saturated heterocycles. The van der Waals surface area contributed by atoms with Crippen LogP contribution >= 0.6 is 0 Å². The van der Waals surface area contributed by atoms with Crippen LogP contribution < -0.4 is 18.9 Å². The average molecular weight is 446 g/mol. The third kappa shape index (κ3) is 5.69. The number of carbonyl (C=O) groups excluding carboxylic acids is 3. The highest BCUT2D eigenvalue weighted by Crippen LogP contribution is 2.30. The standard InChI is InChI=1S/C23H26O9/c1-13-18(27-3)7-15(8-19(13)28-4)22(25)31-11-17(24)12-32-23(26)16-9-20(29-5)14(2)21(10-16)30-6/h7-10H,11-12H2,1-6H3. The van der Waals surface area contributed by atoms with Crippen molar-refractivity contribution in [2.24, 2.45) is 0 Å². The number of hydrogen-bond donors (Lipinski definition) is 0. The van der Waals surface area contributed by atoms with Gasteiger partial charge in [0, 0.05) is 11.1 Å². The van der Waals surface area contributed by atoms with Gasteiger partial charge in [-0.1, -0.05) is 0 Å².